The number of nitrogens with zero attached hydrogens (tertiary/aromatic N) is 1. The molecule has 2 heterocycles. The number of H-pyrrole nitrogens is 1. The van der Waals surface area contributed by atoms with E-state index < -0.39 is 24.2 Å². The Bertz CT molecular complexity index is 900. The van der Waals surface area contributed by atoms with E-state index in [9.17, 15) is 15.0 Å². The molecular weight excluding hydrogens is 454 g/mol. The second-order valence-corrected chi connectivity index (χ2v) is 10.3. The van der Waals surface area contributed by atoms with Crippen molar-refractivity contribution in [2.24, 2.45) is 5.92 Å². The van der Waals surface area contributed by atoms with Crippen LogP contribution >= 0.6 is 0 Å². The lowest BCUT2D eigenvalue weighted by atomic mass is 9.92. The van der Waals surface area contributed by atoms with Gasteiger partial charge in [0, 0.05) is 36.1 Å². The highest BCUT2D eigenvalue weighted by atomic mass is 16.7. The summed E-state index contributed by atoms with van der Waals surface area (Å²) in [7, 11) is 0. The van der Waals surface area contributed by atoms with Crippen molar-refractivity contribution in [3.05, 3.63) is 36.0 Å². The van der Waals surface area contributed by atoms with E-state index in [1.54, 1.807) is 12.0 Å². The number of hydroxylamine groups is 2. The van der Waals surface area contributed by atoms with Crippen LogP contribution in [0.5, 0.6) is 0 Å². The maximum atomic E-state index is 13.2. The Balaban J connectivity index is 1.46. The maximum absolute atomic E-state index is 13.2. The second kappa shape index (κ2) is 15.4. The highest BCUT2D eigenvalue weighted by Gasteiger charge is 2.48. The third kappa shape index (κ3) is 8.04. The van der Waals surface area contributed by atoms with Gasteiger partial charge in [-0.05, 0) is 31.4 Å². The summed E-state index contributed by atoms with van der Waals surface area (Å²) in [6.07, 6.45) is 13.8. The zero-order chi connectivity index (χ0) is 25.8. The smallest absolute Gasteiger partial charge is 0.240 e. The lowest BCUT2D eigenvalue weighted by Crippen LogP contribution is -2.48. The Hall–Kier alpha value is -1.93. The third-order valence-electron chi connectivity index (χ3n) is 7.45. The van der Waals surface area contributed by atoms with Crippen LogP contribution in [0.4, 0.5) is 0 Å². The Kier molecular flexibility index (Phi) is 12.2. The number of rotatable bonds is 17. The lowest BCUT2D eigenvalue weighted by Gasteiger charge is -2.24. The van der Waals surface area contributed by atoms with Gasteiger partial charge in [0.1, 0.15) is 12.1 Å². The highest BCUT2D eigenvalue weighted by Crippen LogP contribution is 2.30. The van der Waals surface area contributed by atoms with E-state index in [0.29, 0.717) is 19.5 Å². The fourth-order valence-corrected chi connectivity index (χ4v) is 5.38. The second-order valence-electron chi connectivity index (χ2n) is 10.3. The molecule has 0 aliphatic carbocycles. The van der Waals surface area contributed by atoms with Crippen molar-refractivity contribution in [1.82, 2.24) is 15.4 Å². The normalized spacial score (nSPS) is 21.3. The van der Waals surface area contributed by atoms with Gasteiger partial charge in [0.05, 0.1) is 12.7 Å². The van der Waals surface area contributed by atoms with Gasteiger partial charge in [0.25, 0.3) is 0 Å². The Morgan fingerprint density at radius 3 is 2.42 bits per heavy atom. The van der Waals surface area contributed by atoms with Gasteiger partial charge < -0.3 is 20.5 Å². The molecule has 3 rings (SSSR count). The van der Waals surface area contributed by atoms with Crippen LogP contribution in [0.15, 0.2) is 30.5 Å². The summed E-state index contributed by atoms with van der Waals surface area (Å²) >= 11 is 0. The molecule has 36 heavy (non-hydrogen) atoms. The first-order chi connectivity index (χ1) is 17.6. The molecule has 2 aromatic rings. The minimum atomic E-state index is -0.763. The molecule has 0 bridgehead atoms. The fourth-order valence-electron chi connectivity index (χ4n) is 5.38. The summed E-state index contributed by atoms with van der Waals surface area (Å²) in [6, 6.07) is 7.54. The Morgan fingerprint density at radius 2 is 1.75 bits per heavy atom. The first kappa shape index (κ1) is 28.6. The van der Waals surface area contributed by atoms with Crippen molar-refractivity contribution in [3.63, 3.8) is 0 Å². The van der Waals surface area contributed by atoms with Crippen molar-refractivity contribution >= 4 is 16.8 Å². The molecule has 1 amide bonds. The summed E-state index contributed by atoms with van der Waals surface area (Å²) < 4.78 is 0. The number of carbonyl (C=O) groups is 1. The number of benzene rings is 1. The molecule has 1 aromatic carbocycles. The Labute approximate surface area is 216 Å². The largest absolute Gasteiger partial charge is 0.396 e. The summed E-state index contributed by atoms with van der Waals surface area (Å²) in [6.45, 7) is 4.82. The summed E-state index contributed by atoms with van der Waals surface area (Å²) in [5.74, 6) is -0.606. The standard InChI is InChI=1S/C29H47N3O4/c1-3-4-5-6-7-8-9-10-11-14-19-32-27(25(21-33)28(36-32)22(2)34)29(35)30-18-17-23-20-31-26-16-13-12-15-24(23)26/h12-13,15-16,20,22,25,27-28,31,33-34H,3-11,14,17-19,21H2,1-2H3,(H,30,35)/t22-,25-,27-,28+/m1/s1. The van der Waals surface area contributed by atoms with Crippen molar-refractivity contribution < 1.29 is 19.8 Å². The number of aromatic amines is 1. The molecule has 1 aromatic heterocycles. The fraction of sp³-hybridized carbons (Fsp3) is 0.690. The van der Waals surface area contributed by atoms with Gasteiger partial charge >= 0.3 is 0 Å². The van der Waals surface area contributed by atoms with Gasteiger partial charge in [0.15, 0.2) is 0 Å². The van der Waals surface area contributed by atoms with Crippen LogP contribution in [-0.4, -0.2) is 64.1 Å². The van der Waals surface area contributed by atoms with Crippen LogP contribution in [-0.2, 0) is 16.1 Å². The Morgan fingerprint density at radius 1 is 1.08 bits per heavy atom. The molecule has 7 nitrogen and oxygen atoms in total. The van der Waals surface area contributed by atoms with E-state index in [1.807, 2.05) is 24.4 Å². The third-order valence-corrected chi connectivity index (χ3v) is 7.45. The number of aromatic nitrogens is 1. The lowest BCUT2D eigenvalue weighted by molar-refractivity contribution is -0.187. The van der Waals surface area contributed by atoms with Crippen LogP contribution in [0.2, 0.25) is 0 Å². The number of para-hydroxylation sites is 1. The average Bonchev–Trinajstić information content (AvgIpc) is 3.46. The first-order valence-electron chi connectivity index (χ1n) is 14.1. The zero-order valence-electron chi connectivity index (χ0n) is 22.3. The zero-order valence-corrected chi connectivity index (χ0v) is 22.3. The minimum absolute atomic E-state index is 0.149. The van der Waals surface area contributed by atoms with Crippen molar-refractivity contribution in [2.45, 2.75) is 103 Å². The number of hydrogen-bond donors (Lipinski definition) is 4. The number of carbonyl (C=O) groups excluding carboxylic acids is 1. The van der Waals surface area contributed by atoms with Gasteiger partial charge in [-0.15, -0.1) is 0 Å². The number of nitrogens with one attached hydrogen (secondary N) is 2. The predicted octanol–water partition coefficient (Wildman–Crippen LogP) is 4.72. The molecule has 0 saturated carbocycles. The molecule has 1 saturated heterocycles. The van der Waals surface area contributed by atoms with E-state index in [2.05, 4.69) is 23.3 Å². The molecular formula is C29H47N3O4. The van der Waals surface area contributed by atoms with Crippen LogP contribution in [0.3, 0.4) is 0 Å². The van der Waals surface area contributed by atoms with E-state index in [4.69, 9.17) is 4.84 Å². The number of aliphatic hydroxyl groups excluding tert-OH is 2. The van der Waals surface area contributed by atoms with Crippen molar-refractivity contribution in [1.29, 1.82) is 0 Å². The number of hydrogen-bond acceptors (Lipinski definition) is 5. The molecule has 0 spiro atoms. The first-order valence-corrected chi connectivity index (χ1v) is 14.1. The monoisotopic (exact) mass is 501 g/mol. The SMILES string of the molecule is CCCCCCCCCCCCN1O[C@@H]([C@@H](C)O)[C@H](CO)[C@@H]1C(=O)NCCc1c[nH]c2ccccc12. The van der Waals surface area contributed by atoms with Gasteiger partial charge in [-0.2, -0.15) is 5.06 Å². The van der Waals surface area contributed by atoms with Crippen LogP contribution in [0, 0.1) is 5.92 Å². The van der Waals surface area contributed by atoms with Crippen LogP contribution in [0.1, 0.15) is 83.6 Å². The van der Waals surface area contributed by atoms with E-state index in [-0.39, 0.29) is 12.5 Å². The number of unbranched alkanes of at least 4 members (excludes halogenated alkanes) is 9. The molecule has 7 heteroatoms. The van der Waals surface area contributed by atoms with E-state index >= 15 is 0 Å². The van der Waals surface area contributed by atoms with Gasteiger partial charge in [-0.1, -0.05) is 82.9 Å². The van der Waals surface area contributed by atoms with Gasteiger partial charge in [0.2, 0.25) is 5.91 Å². The molecule has 0 unspecified atom stereocenters. The summed E-state index contributed by atoms with van der Waals surface area (Å²) in [5, 5.41) is 26.2. The van der Waals surface area contributed by atoms with Gasteiger partial charge in [-0.3, -0.25) is 9.63 Å². The quantitative estimate of drug-likeness (QED) is 0.235. The number of amides is 1. The molecule has 4 N–H and O–H groups in total. The van der Waals surface area contributed by atoms with Crippen molar-refractivity contribution in [3.8, 4) is 0 Å². The minimum Gasteiger partial charge on any atom is -0.396 e. The predicted molar refractivity (Wildman–Crippen MR) is 144 cm³/mol. The highest BCUT2D eigenvalue weighted by molar-refractivity contribution is 5.84. The molecule has 1 fully saturated rings. The maximum Gasteiger partial charge on any atom is 0.240 e. The average molecular weight is 502 g/mol. The van der Waals surface area contributed by atoms with E-state index in [1.165, 1.54) is 56.8 Å². The summed E-state index contributed by atoms with van der Waals surface area (Å²) in [5.41, 5.74) is 2.25. The molecule has 202 valence electrons. The number of aliphatic hydroxyl groups is 2. The van der Waals surface area contributed by atoms with Gasteiger partial charge in [-0.25, -0.2) is 0 Å². The van der Waals surface area contributed by atoms with Crippen LogP contribution in [0.25, 0.3) is 10.9 Å². The molecule has 0 radical (unpaired) electrons. The van der Waals surface area contributed by atoms with Crippen molar-refractivity contribution in [2.75, 3.05) is 19.7 Å². The molecule has 4 atom stereocenters. The van der Waals surface area contributed by atoms with Crippen LogP contribution < -0.4 is 5.32 Å². The molecule has 1 aliphatic heterocycles. The summed E-state index contributed by atoms with van der Waals surface area (Å²) in [4.78, 5) is 22.5. The topological polar surface area (TPSA) is 97.8 Å². The van der Waals surface area contributed by atoms with E-state index in [0.717, 1.165) is 23.9 Å². The molecule has 1 aliphatic rings. The number of fused-ring (bicyclic) bond motifs is 1.